The predicted molar refractivity (Wildman–Crippen MR) is 62.8 cm³/mol. The molecule has 0 spiro atoms. The quantitative estimate of drug-likeness (QED) is 0.346. The first-order chi connectivity index (χ1) is 9.73. The van der Waals surface area contributed by atoms with Crippen LogP contribution in [0, 0.1) is 0 Å². The molecule has 2 rings (SSSR count). The van der Waals surface area contributed by atoms with Crippen molar-refractivity contribution in [3.63, 3.8) is 0 Å². The molecule has 2 heterocycles. The van der Waals surface area contributed by atoms with Crippen LogP contribution in [0.15, 0.2) is 17.1 Å². The van der Waals surface area contributed by atoms with E-state index in [9.17, 15) is 29.4 Å². The van der Waals surface area contributed by atoms with Gasteiger partial charge in [0.05, 0.1) is 12.3 Å². The number of aliphatic hydroxyl groups excluding tert-OH is 3. The first-order valence-electron chi connectivity index (χ1n) is 5.94. The van der Waals surface area contributed by atoms with Crippen LogP contribution < -0.4 is 74.6 Å². The van der Waals surface area contributed by atoms with Gasteiger partial charge in [0.15, 0.2) is 6.23 Å². The molecule has 1 aromatic rings. The second kappa shape index (κ2) is 9.54. The molecule has 0 radical (unpaired) electrons. The summed E-state index contributed by atoms with van der Waals surface area (Å²) in [6.45, 7) is -0.551. The molecule has 1 fully saturated rings. The van der Waals surface area contributed by atoms with Crippen molar-refractivity contribution in [1.82, 2.24) is 9.55 Å². The molecule has 1 aliphatic rings. The van der Waals surface area contributed by atoms with Crippen molar-refractivity contribution < 1.29 is 93.5 Å². The number of hydrogen-bond donors (Lipinski definition) is 3. The Morgan fingerprint density at radius 2 is 1.91 bits per heavy atom. The van der Waals surface area contributed by atoms with E-state index in [0.717, 1.165) is 16.8 Å². The van der Waals surface area contributed by atoms with E-state index in [1.54, 1.807) is 0 Å². The standard InChI is InChI=1S/C10H15N2O8P.2Na/c13-3-6-7(14)8(15)9(20-6)12-2-1-5(11-10(12)16)4-21(17,18)19;;/h1-2,6-9,13-15H,3-4H2,(H2,17,18,19);;/q;2*+1/p-2/t6-,7-,8-,9-;;/m1../s1. The van der Waals surface area contributed by atoms with E-state index in [2.05, 4.69) is 4.98 Å². The van der Waals surface area contributed by atoms with Gasteiger partial charge < -0.3 is 34.4 Å². The van der Waals surface area contributed by atoms with Gasteiger partial charge in [-0.1, -0.05) is 7.60 Å². The Kier molecular flexibility index (Phi) is 9.90. The van der Waals surface area contributed by atoms with Crippen LogP contribution in [0.25, 0.3) is 0 Å². The maximum absolute atomic E-state index is 11.8. The Morgan fingerprint density at radius 1 is 1.30 bits per heavy atom. The van der Waals surface area contributed by atoms with Crippen LogP contribution in [0.4, 0.5) is 0 Å². The zero-order valence-corrected chi connectivity index (χ0v) is 17.5. The largest absolute Gasteiger partial charge is 1.00 e. The third kappa shape index (κ3) is 5.96. The van der Waals surface area contributed by atoms with E-state index in [1.807, 2.05) is 0 Å². The second-order valence-corrected chi connectivity index (χ2v) is 6.14. The van der Waals surface area contributed by atoms with E-state index < -0.39 is 50.6 Å². The van der Waals surface area contributed by atoms with Crippen molar-refractivity contribution in [2.75, 3.05) is 6.61 Å². The van der Waals surface area contributed by atoms with Gasteiger partial charge in [-0.2, -0.15) is 4.98 Å². The molecule has 0 aromatic carbocycles. The van der Waals surface area contributed by atoms with E-state index in [1.165, 1.54) is 0 Å². The summed E-state index contributed by atoms with van der Waals surface area (Å²) in [6.07, 6.45) is -4.97. The number of nitrogens with zero attached hydrogens (tertiary/aromatic N) is 2. The summed E-state index contributed by atoms with van der Waals surface area (Å²) in [5.41, 5.74) is -1.17. The Morgan fingerprint density at radius 3 is 2.35 bits per heavy atom. The van der Waals surface area contributed by atoms with Gasteiger partial charge in [-0.3, -0.25) is 4.57 Å². The fourth-order valence-corrected chi connectivity index (χ4v) is 2.61. The maximum Gasteiger partial charge on any atom is 1.00 e. The molecule has 118 valence electrons. The first kappa shape index (κ1) is 23.9. The summed E-state index contributed by atoms with van der Waals surface area (Å²) in [6, 6.07) is 1.12. The monoisotopic (exact) mass is 366 g/mol. The van der Waals surface area contributed by atoms with Crippen LogP contribution in [0.5, 0.6) is 0 Å². The maximum atomic E-state index is 11.8. The summed E-state index contributed by atoms with van der Waals surface area (Å²) < 4.78 is 16.6. The Bertz CT molecular complexity index is 623. The molecule has 10 nitrogen and oxygen atoms in total. The van der Waals surface area contributed by atoms with Crippen molar-refractivity contribution in [2.45, 2.75) is 30.7 Å². The normalized spacial score (nSPS) is 27.2. The van der Waals surface area contributed by atoms with Crippen molar-refractivity contribution in [3.05, 3.63) is 28.4 Å². The fourth-order valence-electron chi connectivity index (χ4n) is 2.04. The van der Waals surface area contributed by atoms with Crippen LogP contribution in [0.1, 0.15) is 11.9 Å². The molecule has 0 aliphatic carbocycles. The van der Waals surface area contributed by atoms with Crippen LogP contribution >= 0.6 is 7.60 Å². The number of ether oxygens (including phenoxy) is 1. The molecule has 0 amide bonds. The van der Waals surface area contributed by atoms with Gasteiger partial charge in [-0.05, 0) is 6.07 Å². The molecule has 4 atom stereocenters. The Labute approximate surface area is 175 Å². The average Bonchev–Trinajstić information content (AvgIpc) is 2.65. The minimum Gasteiger partial charge on any atom is -0.810 e. The summed E-state index contributed by atoms with van der Waals surface area (Å²) in [4.78, 5) is 36.5. The minimum absolute atomic E-state index is 0. The predicted octanol–water partition coefficient (Wildman–Crippen LogP) is -9.72. The molecule has 3 N–H and O–H groups in total. The van der Waals surface area contributed by atoms with Crippen LogP contribution in [0.3, 0.4) is 0 Å². The van der Waals surface area contributed by atoms with Gasteiger partial charge >= 0.3 is 64.8 Å². The molecule has 0 bridgehead atoms. The minimum atomic E-state index is -4.85. The number of aliphatic hydroxyl groups is 3. The molecule has 23 heavy (non-hydrogen) atoms. The summed E-state index contributed by atoms with van der Waals surface area (Å²) in [5.74, 6) is 0. The topological polar surface area (TPSA) is 168 Å². The molecule has 13 heteroatoms. The summed E-state index contributed by atoms with van der Waals surface area (Å²) >= 11 is 0. The van der Waals surface area contributed by atoms with E-state index in [-0.39, 0.29) is 64.8 Å². The van der Waals surface area contributed by atoms with Gasteiger partial charge in [-0.25, -0.2) is 4.79 Å². The van der Waals surface area contributed by atoms with Gasteiger partial charge in [0.2, 0.25) is 0 Å². The summed E-state index contributed by atoms with van der Waals surface area (Å²) in [7, 11) is -4.85. The smallest absolute Gasteiger partial charge is 0.810 e. The van der Waals surface area contributed by atoms with Crippen molar-refractivity contribution >= 4 is 7.60 Å². The molecule has 0 unspecified atom stereocenters. The SMILES string of the molecule is O=c1nc(CP(=O)([O-])[O-])ccn1[C@@H]1O[C@H](CO)[C@@H](O)[C@H]1O.[Na+].[Na+]. The number of aromatic nitrogens is 2. The summed E-state index contributed by atoms with van der Waals surface area (Å²) in [5, 5.41) is 28.3. The molecular formula is C10H13N2Na2O8P. The fraction of sp³-hybridized carbons (Fsp3) is 0.600. The Balaban J connectivity index is 0.00000242. The van der Waals surface area contributed by atoms with E-state index >= 15 is 0 Å². The Hall–Kier alpha value is 0.870. The van der Waals surface area contributed by atoms with Crippen LogP contribution in [-0.2, 0) is 15.5 Å². The number of rotatable bonds is 4. The molecular weight excluding hydrogens is 353 g/mol. The second-order valence-electron chi connectivity index (χ2n) is 4.61. The molecule has 1 aromatic heterocycles. The van der Waals surface area contributed by atoms with Crippen LogP contribution in [0.2, 0.25) is 0 Å². The van der Waals surface area contributed by atoms with Crippen molar-refractivity contribution in [1.29, 1.82) is 0 Å². The first-order valence-corrected chi connectivity index (χ1v) is 7.67. The van der Waals surface area contributed by atoms with Gasteiger partial charge in [-0.15, -0.1) is 0 Å². The number of hydrogen-bond acceptors (Lipinski definition) is 9. The van der Waals surface area contributed by atoms with Gasteiger partial charge in [0.25, 0.3) is 0 Å². The van der Waals surface area contributed by atoms with Gasteiger partial charge in [0, 0.05) is 12.4 Å². The molecule has 0 saturated carbocycles. The van der Waals surface area contributed by atoms with E-state index in [0.29, 0.717) is 0 Å². The van der Waals surface area contributed by atoms with Crippen LogP contribution in [-0.4, -0.2) is 49.8 Å². The third-order valence-corrected chi connectivity index (χ3v) is 3.75. The van der Waals surface area contributed by atoms with Crippen molar-refractivity contribution in [3.8, 4) is 0 Å². The zero-order chi connectivity index (χ0) is 15.8. The third-order valence-electron chi connectivity index (χ3n) is 3.03. The molecule has 1 saturated heterocycles. The van der Waals surface area contributed by atoms with Gasteiger partial charge in [0.1, 0.15) is 18.3 Å². The van der Waals surface area contributed by atoms with E-state index in [4.69, 9.17) is 9.84 Å². The van der Waals surface area contributed by atoms with Crippen molar-refractivity contribution in [2.24, 2.45) is 0 Å². The zero-order valence-electron chi connectivity index (χ0n) is 12.6. The average molecular weight is 366 g/mol. The molecule has 1 aliphatic heterocycles.